The van der Waals surface area contributed by atoms with Crippen LogP contribution in [0.15, 0.2) is 41.2 Å². The number of nitrogens with one attached hydrogen (secondary N) is 2. The molecule has 1 saturated heterocycles. The molecule has 0 radical (unpaired) electrons. The molecule has 1 saturated carbocycles. The van der Waals surface area contributed by atoms with Crippen molar-refractivity contribution in [2.24, 2.45) is 11.3 Å². The Hall–Kier alpha value is -2.84. The third-order valence-corrected chi connectivity index (χ3v) is 6.62. The Morgan fingerprint density at radius 1 is 1.16 bits per heavy atom. The highest BCUT2D eigenvalue weighted by Crippen LogP contribution is 2.42. The highest BCUT2D eigenvalue weighted by Gasteiger charge is 2.48. The molecule has 32 heavy (non-hydrogen) atoms. The molecule has 0 amide bonds. The smallest absolute Gasteiger partial charge is 0.316 e. The van der Waals surface area contributed by atoms with E-state index in [-0.39, 0.29) is 23.9 Å². The first-order valence-corrected chi connectivity index (χ1v) is 10.9. The fourth-order valence-corrected chi connectivity index (χ4v) is 4.67. The Labute approximate surface area is 187 Å². The van der Waals surface area contributed by atoms with Crippen LogP contribution in [0.4, 0.5) is 8.78 Å². The van der Waals surface area contributed by atoms with Crippen molar-refractivity contribution in [1.82, 2.24) is 20.1 Å². The zero-order valence-electron chi connectivity index (χ0n) is 17.1. The number of Topliss-reactive ketones (excluding diaryl/α,β-unsaturated/α-hetero) is 1. The minimum Gasteiger partial charge on any atom is -0.316 e. The highest BCUT2D eigenvalue weighted by atomic mass is 35.5. The quantitative estimate of drug-likeness (QED) is 0.591. The van der Waals surface area contributed by atoms with Crippen LogP contribution in [0.1, 0.15) is 25.1 Å². The first kappa shape index (κ1) is 21.0. The number of carbonyl (C=O) groups excluding carboxylic acids is 1. The third-order valence-electron chi connectivity index (χ3n) is 6.37. The molecule has 1 aromatic heterocycles. The first-order chi connectivity index (χ1) is 15.4. The second-order valence-corrected chi connectivity index (χ2v) is 9.03. The monoisotopic (exact) mass is 458 g/mol. The topological polar surface area (TPSA) is 79.8 Å². The number of hydrogen-bond donors (Lipinski definition) is 2. The van der Waals surface area contributed by atoms with Gasteiger partial charge in [0.1, 0.15) is 17.3 Å². The Bertz CT molecular complexity index is 1220. The average Bonchev–Trinajstić information content (AvgIpc) is 3.42. The summed E-state index contributed by atoms with van der Waals surface area (Å²) in [4.78, 5) is 25.6. The van der Waals surface area contributed by atoms with Gasteiger partial charge in [-0.2, -0.15) is 5.10 Å². The van der Waals surface area contributed by atoms with E-state index < -0.39 is 28.4 Å². The summed E-state index contributed by atoms with van der Waals surface area (Å²) in [6, 6.07) is 8.93. The number of benzene rings is 2. The van der Waals surface area contributed by atoms with E-state index in [0.717, 1.165) is 17.4 Å². The number of ketones is 1. The van der Waals surface area contributed by atoms with Gasteiger partial charge in [-0.3, -0.25) is 4.79 Å². The van der Waals surface area contributed by atoms with Crippen molar-refractivity contribution >= 4 is 17.4 Å². The number of H-pyrrole nitrogens is 1. The predicted octanol–water partition coefficient (Wildman–Crippen LogP) is 3.66. The van der Waals surface area contributed by atoms with Gasteiger partial charge in [0, 0.05) is 29.3 Å². The van der Waals surface area contributed by atoms with E-state index in [1.165, 1.54) is 12.1 Å². The minimum atomic E-state index is -0.896. The largest absolute Gasteiger partial charge is 0.348 e. The van der Waals surface area contributed by atoms with Crippen LogP contribution in [0.2, 0.25) is 5.02 Å². The summed E-state index contributed by atoms with van der Waals surface area (Å²) < 4.78 is 31.2. The molecule has 0 spiro atoms. The van der Waals surface area contributed by atoms with Gasteiger partial charge in [0.2, 0.25) is 0 Å². The molecule has 2 N–H and O–H groups in total. The summed E-state index contributed by atoms with van der Waals surface area (Å²) in [5, 5.41) is 10.1. The van der Waals surface area contributed by atoms with Crippen LogP contribution in [0, 0.1) is 23.0 Å². The molecule has 166 valence electrons. The maximum Gasteiger partial charge on any atom is 0.348 e. The summed E-state index contributed by atoms with van der Waals surface area (Å²) in [7, 11) is 0. The van der Waals surface area contributed by atoms with Crippen molar-refractivity contribution in [1.29, 1.82) is 0 Å². The van der Waals surface area contributed by atoms with E-state index in [0.29, 0.717) is 35.7 Å². The molecule has 1 atom stereocenters. The molecule has 2 aliphatic rings. The van der Waals surface area contributed by atoms with E-state index >= 15 is 8.78 Å². The van der Waals surface area contributed by atoms with Gasteiger partial charge in [-0.15, -0.1) is 0 Å². The Morgan fingerprint density at radius 2 is 1.84 bits per heavy atom. The Kier molecular flexibility index (Phi) is 5.22. The van der Waals surface area contributed by atoms with Gasteiger partial charge in [-0.25, -0.2) is 23.2 Å². The molecule has 1 aliphatic carbocycles. The zero-order chi connectivity index (χ0) is 22.5. The standard InChI is InChI=1S/C23H21ClF2N4O2/c24-16-5-3-13(4-6-16)15-9-17(25)20(18(26)10-15)30-19(28-29-22(30)32)11-23(7-8-27-12-23)21(31)14-1-2-14/h3-6,9-10,14,27H,1-2,7-8,11-12H2,(H,29,32). The van der Waals surface area contributed by atoms with E-state index in [9.17, 15) is 9.59 Å². The number of carbonyl (C=O) groups is 1. The lowest BCUT2D eigenvalue weighted by Gasteiger charge is -2.26. The van der Waals surface area contributed by atoms with Gasteiger partial charge in [-0.1, -0.05) is 23.7 Å². The molecule has 6 nitrogen and oxygen atoms in total. The average molecular weight is 459 g/mol. The maximum atomic E-state index is 15.2. The molecule has 9 heteroatoms. The van der Waals surface area contributed by atoms with Crippen LogP contribution in [0.5, 0.6) is 0 Å². The van der Waals surface area contributed by atoms with Gasteiger partial charge in [0.25, 0.3) is 0 Å². The predicted molar refractivity (Wildman–Crippen MR) is 116 cm³/mol. The van der Waals surface area contributed by atoms with Gasteiger partial charge >= 0.3 is 5.69 Å². The number of nitrogens with zero attached hydrogens (tertiary/aromatic N) is 2. The lowest BCUT2D eigenvalue weighted by Crippen LogP contribution is -2.38. The summed E-state index contributed by atoms with van der Waals surface area (Å²) in [6.07, 6.45) is 2.46. The van der Waals surface area contributed by atoms with Crippen molar-refractivity contribution in [3.63, 3.8) is 0 Å². The zero-order valence-corrected chi connectivity index (χ0v) is 17.9. The lowest BCUT2D eigenvalue weighted by atomic mass is 9.77. The molecular formula is C23H21ClF2N4O2. The third kappa shape index (κ3) is 3.67. The van der Waals surface area contributed by atoms with Crippen molar-refractivity contribution < 1.29 is 13.6 Å². The van der Waals surface area contributed by atoms with Crippen LogP contribution in [-0.4, -0.2) is 33.6 Å². The van der Waals surface area contributed by atoms with Gasteiger partial charge in [0.05, 0.1) is 0 Å². The van der Waals surface area contributed by atoms with E-state index in [1.54, 1.807) is 24.3 Å². The first-order valence-electron chi connectivity index (χ1n) is 10.5. The second-order valence-electron chi connectivity index (χ2n) is 8.60. The number of aromatic amines is 1. The van der Waals surface area contributed by atoms with Crippen molar-refractivity contribution in [3.05, 3.63) is 69.4 Å². The molecule has 2 fully saturated rings. The molecule has 0 bridgehead atoms. The second kappa shape index (κ2) is 7.94. The Morgan fingerprint density at radius 3 is 2.44 bits per heavy atom. The molecule has 2 aromatic carbocycles. The summed E-state index contributed by atoms with van der Waals surface area (Å²) in [5.74, 6) is -1.48. The molecular weight excluding hydrogens is 438 g/mol. The fourth-order valence-electron chi connectivity index (χ4n) is 4.54. The fraction of sp³-hybridized carbons (Fsp3) is 0.348. The van der Waals surface area contributed by atoms with Crippen LogP contribution in [0.25, 0.3) is 16.8 Å². The minimum absolute atomic E-state index is 0.0288. The number of hydrogen-bond acceptors (Lipinski definition) is 4. The summed E-state index contributed by atoms with van der Waals surface area (Å²) in [5.41, 5.74) is -1.07. The van der Waals surface area contributed by atoms with Gasteiger partial charge in [0.15, 0.2) is 11.6 Å². The van der Waals surface area contributed by atoms with Crippen molar-refractivity contribution in [2.45, 2.75) is 25.7 Å². The van der Waals surface area contributed by atoms with E-state index in [4.69, 9.17) is 11.6 Å². The van der Waals surface area contributed by atoms with Crippen molar-refractivity contribution in [2.75, 3.05) is 13.1 Å². The van der Waals surface area contributed by atoms with E-state index in [2.05, 4.69) is 15.5 Å². The number of aromatic nitrogens is 3. The van der Waals surface area contributed by atoms with Gasteiger partial charge < -0.3 is 5.32 Å². The highest BCUT2D eigenvalue weighted by molar-refractivity contribution is 6.30. The Balaban J connectivity index is 1.55. The van der Waals surface area contributed by atoms with E-state index in [1.807, 2.05) is 0 Å². The molecule has 2 heterocycles. The summed E-state index contributed by atoms with van der Waals surface area (Å²) >= 11 is 5.89. The van der Waals surface area contributed by atoms with Crippen LogP contribution >= 0.6 is 11.6 Å². The van der Waals surface area contributed by atoms with Crippen LogP contribution < -0.4 is 11.0 Å². The molecule has 1 unspecified atom stereocenters. The van der Waals surface area contributed by atoms with Crippen LogP contribution in [-0.2, 0) is 11.2 Å². The molecule has 3 aromatic rings. The lowest BCUT2D eigenvalue weighted by molar-refractivity contribution is -0.129. The van der Waals surface area contributed by atoms with Crippen LogP contribution in [0.3, 0.4) is 0 Å². The summed E-state index contributed by atoms with van der Waals surface area (Å²) in [6.45, 7) is 1.13. The molecule has 5 rings (SSSR count). The van der Waals surface area contributed by atoms with Gasteiger partial charge in [-0.05, 0) is 61.2 Å². The maximum absolute atomic E-state index is 15.2. The number of halogens is 3. The number of rotatable bonds is 6. The SMILES string of the molecule is O=C(C1CC1)C1(Cc2n[nH]c(=O)n2-c2c(F)cc(-c3ccc(Cl)cc3)cc2F)CCNC1. The molecule has 1 aliphatic heterocycles. The normalized spacial score (nSPS) is 20.6. The van der Waals surface area contributed by atoms with Crippen molar-refractivity contribution in [3.8, 4) is 16.8 Å².